The Morgan fingerprint density at radius 3 is 2.88 bits per heavy atom. The minimum Gasteiger partial charge on any atom is -0.384 e. The van der Waals surface area contributed by atoms with Crippen LogP contribution in [0.5, 0.6) is 0 Å². The number of hydrogen-bond acceptors (Lipinski definition) is 3. The Kier molecular flexibility index (Phi) is 3.59. The smallest absolute Gasteiger partial charge is 0.0728 e. The van der Waals surface area contributed by atoms with Gasteiger partial charge in [-0.25, -0.2) is 0 Å². The van der Waals surface area contributed by atoms with Crippen molar-refractivity contribution in [3.05, 3.63) is 35.5 Å². The van der Waals surface area contributed by atoms with Gasteiger partial charge in [0.05, 0.1) is 5.52 Å². The lowest BCUT2D eigenvalue weighted by molar-refractivity contribution is 0.875. The number of aryl methyl sites for hydroxylation is 2. The van der Waals surface area contributed by atoms with Gasteiger partial charge in [0.15, 0.2) is 0 Å². The summed E-state index contributed by atoms with van der Waals surface area (Å²) < 4.78 is 0. The molecule has 0 spiro atoms. The van der Waals surface area contributed by atoms with E-state index in [1.807, 2.05) is 12.3 Å². The molecule has 0 aliphatic heterocycles. The second-order valence-electron chi connectivity index (χ2n) is 4.40. The number of benzene rings is 1. The van der Waals surface area contributed by atoms with Crippen LogP contribution in [0.2, 0.25) is 0 Å². The van der Waals surface area contributed by atoms with Crippen molar-refractivity contribution in [1.29, 1.82) is 0 Å². The number of fused-ring (bicyclic) bond motifs is 1. The van der Waals surface area contributed by atoms with Gasteiger partial charge in [-0.3, -0.25) is 4.98 Å². The van der Waals surface area contributed by atoms with Crippen LogP contribution >= 0.6 is 0 Å². The molecule has 0 saturated heterocycles. The molecule has 2 rings (SSSR count). The Hall–Kier alpha value is -1.61. The number of rotatable bonds is 4. The van der Waals surface area contributed by atoms with Crippen LogP contribution in [0, 0.1) is 13.8 Å². The molecule has 1 aromatic heterocycles. The van der Waals surface area contributed by atoms with Gasteiger partial charge in [-0.05, 0) is 50.1 Å². The fourth-order valence-corrected chi connectivity index (χ4v) is 2.15. The van der Waals surface area contributed by atoms with E-state index in [4.69, 9.17) is 5.73 Å². The van der Waals surface area contributed by atoms with E-state index in [1.54, 1.807) is 0 Å². The van der Waals surface area contributed by atoms with Crippen LogP contribution in [0.25, 0.3) is 10.9 Å². The molecule has 1 aromatic carbocycles. The monoisotopic (exact) mass is 229 g/mol. The largest absolute Gasteiger partial charge is 0.384 e. The van der Waals surface area contributed by atoms with E-state index in [2.05, 4.69) is 36.3 Å². The summed E-state index contributed by atoms with van der Waals surface area (Å²) in [5.74, 6) is 0. The lowest BCUT2D eigenvalue weighted by atomic mass is 10.0. The number of pyridine rings is 1. The molecule has 0 aliphatic rings. The molecule has 0 fully saturated rings. The Morgan fingerprint density at radius 1 is 1.29 bits per heavy atom. The predicted octanol–water partition coefficient (Wildman–Crippen LogP) is 2.61. The first kappa shape index (κ1) is 11.9. The first-order valence-electron chi connectivity index (χ1n) is 6.02. The van der Waals surface area contributed by atoms with E-state index >= 15 is 0 Å². The maximum Gasteiger partial charge on any atom is 0.0728 e. The number of anilines is 1. The van der Waals surface area contributed by atoms with E-state index in [0.717, 1.165) is 24.2 Å². The van der Waals surface area contributed by atoms with Gasteiger partial charge < -0.3 is 11.1 Å². The highest BCUT2D eigenvalue weighted by Gasteiger charge is 2.05. The second kappa shape index (κ2) is 5.15. The van der Waals surface area contributed by atoms with Crippen LogP contribution in [0.3, 0.4) is 0 Å². The van der Waals surface area contributed by atoms with Crippen LogP contribution < -0.4 is 11.1 Å². The predicted molar refractivity (Wildman–Crippen MR) is 73.4 cm³/mol. The average Bonchev–Trinajstić information content (AvgIpc) is 2.28. The zero-order valence-electron chi connectivity index (χ0n) is 10.5. The van der Waals surface area contributed by atoms with Crippen molar-refractivity contribution in [3.63, 3.8) is 0 Å². The van der Waals surface area contributed by atoms with Crippen LogP contribution in [-0.4, -0.2) is 18.1 Å². The summed E-state index contributed by atoms with van der Waals surface area (Å²) in [6, 6.07) is 6.34. The molecule has 90 valence electrons. The molecule has 3 nitrogen and oxygen atoms in total. The van der Waals surface area contributed by atoms with E-state index < -0.39 is 0 Å². The van der Waals surface area contributed by atoms with Crippen LogP contribution in [0.4, 0.5) is 5.69 Å². The number of nitrogens with zero attached hydrogens (tertiary/aromatic N) is 1. The normalized spacial score (nSPS) is 10.8. The molecule has 0 aliphatic carbocycles. The molecular weight excluding hydrogens is 210 g/mol. The summed E-state index contributed by atoms with van der Waals surface area (Å²) in [6.45, 7) is 5.85. The summed E-state index contributed by atoms with van der Waals surface area (Å²) in [5.41, 5.74) is 10.2. The number of nitrogens with one attached hydrogen (secondary N) is 1. The summed E-state index contributed by atoms with van der Waals surface area (Å²) in [5, 5.41) is 4.65. The summed E-state index contributed by atoms with van der Waals surface area (Å²) in [6.07, 6.45) is 2.83. The lowest BCUT2D eigenvalue weighted by Crippen LogP contribution is -2.09. The minimum atomic E-state index is 0.716. The van der Waals surface area contributed by atoms with Crippen molar-refractivity contribution in [2.45, 2.75) is 20.3 Å². The van der Waals surface area contributed by atoms with Gasteiger partial charge in [0, 0.05) is 23.8 Å². The fraction of sp³-hybridized carbons (Fsp3) is 0.357. The molecule has 0 radical (unpaired) electrons. The standard InChI is InChI=1S/C14H19N3/c1-10-8-11(2)14-12(16-6-3-5-15)4-7-17-13(14)9-10/h4,7-9H,3,5-6,15H2,1-2H3,(H,16,17). The van der Waals surface area contributed by atoms with Crippen molar-refractivity contribution in [3.8, 4) is 0 Å². The Morgan fingerprint density at radius 2 is 2.12 bits per heavy atom. The van der Waals surface area contributed by atoms with Gasteiger partial charge in [0.2, 0.25) is 0 Å². The van der Waals surface area contributed by atoms with Gasteiger partial charge in [-0.1, -0.05) is 6.07 Å². The highest BCUT2D eigenvalue weighted by Crippen LogP contribution is 2.26. The Labute approximate surface area is 102 Å². The molecule has 1 heterocycles. The van der Waals surface area contributed by atoms with E-state index in [-0.39, 0.29) is 0 Å². The van der Waals surface area contributed by atoms with Crippen molar-refractivity contribution in [2.75, 3.05) is 18.4 Å². The quantitative estimate of drug-likeness (QED) is 0.792. The maximum absolute atomic E-state index is 5.50. The number of hydrogen-bond donors (Lipinski definition) is 2. The summed E-state index contributed by atoms with van der Waals surface area (Å²) >= 11 is 0. The molecular formula is C14H19N3. The number of aromatic nitrogens is 1. The highest BCUT2D eigenvalue weighted by molar-refractivity contribution is 5.94. The first-order valence-corrected chi connectivity index (χ1v) is 6.02. The van der Waals surface area contributed by atoms with Crippen LogP contribution in [-0.2, 0) is 0 Å². The molecule has 0 amide bonds. The fourth-order valence-electron chi connectivity index (χ4n) is 2.15. The summed E-state index contributed by atoms with van der Waals surface area (Å²) in [4.78, 5) is 4.43. The molecule has 0 saturated carbocycles. The van der Waals surface area contributed by atoms with Gasteiger partial charge in [-0.2, -0.15) is 0 Å². The number of nitrogens with two attached hydrogens (primary N) is 1. The molecule has 17 heavy (non-hydrogen) atoms. The Balaban J connectivity index is 2.42. The van der Waals surface area contributed by atoms with Gasteiger partial charge in [0.1, 0.15) is 0 Å². The van der Waals surface area contributed by atoms with E-state index in [0.29, 0.717) is 6.54 Å². The molecule has 2 aromatic rings. The molecule has 3 heteroatoms. The average molecular weight is 229 g/mol. The minimum absolute atomic E-state index is 0.716. The molecule has 0 bridgehead atoms. The molecule has 3 N–H and O–H groups in total. The molecule has 0 atom stereocenters. The van der Waals surface area contributed by atoms with Crippen molar-refractivity contribution in [2.24, 2.45) is 5.73 Å². The topological polar surface area (TPSA) is 50.9 Å². The Bertz CT molecular complexity index is 520. The third kappa shape index (κ3) is 2.56. The zero-order chi connectivity index (χ0) is 12.3. The van der Waals surface area contributed by atoms with Gasteiger partial charge >= 0.3 is 0 Å². The van der Waals surface area contributed by atoms with Crippen molar-refractivity contribution >= 4 is 16.6 Å². The lowest BCUT2D eigenvalue weighted by Gasteiger charge is -2.11. The van der Waals surface area contributed by atoms with E-state index in [9.17, 15) is 0 Å². The van der Waals surface area contributed by atoms with Crippen molar-refractivity contribution in [1.82, 2.24) is 4.98 Å². The van der Waals surface area contributed by atoms with Crippen LogP contribution in [0.1, 0.15) is 17.5 Å². The van der Waals surface area contributed by atoms with Crippen molar-refractivity contribution < 1.29 is 0 Å². The zero-order valence-corrected chi connectivity index (χ0v) is 10.5. The first-order chi connectivity index (χ1) is 8.22. The maximum atomic E-state index is 5.50. The third-order valence-electron chi connectivity index (χ3n) is 2.88. The second-order valence-corrected chi connectivity index (χ2v) is 4.40. The van der Waals surface area contributed by atoms with Gasteiger partial charge in [0.25, 0.3) is 0 Å². The SMILES string of the molecule is Cc1cc(C)c2c(NCCCN)ccnc2c1. The van der Waals surface area contributed by atoms with Gasteiger partial charge in [-0.15, -0.1) is 0 Å². The molecule has 0 unspecified atom stereocenters. The van der Waals surface area contributed by atoms with Crippen LogP contribution in [0.15, 0.2) is 24.4 Å². The highest BCUT2D eigenvalue weighted by atomic mass is 14.9. The summed E-state index contributed by atoms with van der Waals surface area (Å²) in [7, 11) is 0. The third-order valence-corrected chi connectivity index (χ3v) is 2.88. The van der Waals surface area contributed by atoms with E-state index in [1.165, 1.54) is 16.5 Å².